The number of hydrogen-bond acceptors (Lipinski definition) is 3. The first kappa shape index (κ1) is 15.3. The van der Waals surface area contributed by atoms with Crippen molar-refractivity contribution in [2.75, 3.05) is 13.2 Å². The van der Waals surface area contributed by atoms with E-state index in [4.69, 9.17) is 0 Å². The predicted octanol–water partition coefficient (Wildman–Crippen LogP) is 1.75. The van der Waals surface area contributed by atoms with Crippen LogP contribution in [0.3, 0.4) is 0 Å². The lowest BCUT2D eigenvalue weighted by Crippen LogP contribution is -2.46. The summed E-state index contributed by atoms with van der Waals surface area (Å²) in [5, 5.41) is 9.17. The fraction of sp³-hybridized carbons (Fsp3) is 0.538. The summed E-state index contributed by atoms with van der Waals surface area (Å²) in [5.41, 5.74) is 0. The number of nitrogens with zero attached hydrogens (tertiary/aromatic N) is 1. The summed E-state index contributed by atoms with van der Waals surface area (Å²) in [6, 6.07) is 2.81. The van der Waals surface area contributed by atoms with Gasteiger partial charge in [-0.15, -0.1) is 0 Å². The summed E-state index contributed by atoms with van der Waals surface area (Å²) in [7, 11) is -4.10. The van der Waals surface area contributed by atoms with Gasteiger partial charge in [0.15, 0.2) is 11.6 Å². The molecule has 0 aromatic heterocycles. The van der Waals surface area contributed by atoms with Crippen molar-refractivity contribution in [3.8, 4) is 0 Å². The number of halogens is 2. The Labute approximate surface area is 117 Å². The quantitative estimate of drug-likeness (QED) is 0.925. The fourth-order valence-corrected chi connectivity index (χ4v) is 4.25. The molecule has 1 aromatic rings. The molecule has 1 aromatic carbocycles. The Bertz CT molecular complexity index is 591. The van der Waals surface area contributed by atoms with Gasteiger partial charge in [-0.3, -0.25) is 0 Å². The van der Waals surface area contributed by atoms with E-state index in [-0.39, 0.29) is 25.1 Å². The van der Waals surface area contributed by atoms with Gasteiger partial charge in [-0.2, -0.15) is 4.31 Å². The van der Waals surface area contributed by atoms with E-state index in [0.29, 0.717) is 6.42 Å². The van der Waals surface area contributed by atoms with Gasteiger partial charge in [0.05, 0.1) is 0 Å². The zero-order chi connectivity index (χ0) is 14.9. The number of hydrogen-bond donors (Lipinski definition) is 1. The van der Waals surface area contributed by atoms with E-state index in [9.17, 15) is 22.3 Å². The summed E-state index contributed by atoms with van der Waals surface area (Å²) >= 11 is 0. The van der Waals surface area contributed by atoms with Crippen molar-refractivity contribution < 1.29 is 22.3 Å². The molecular formula is C13H17F2NO3S. The minimum absolute atomic E-state index is 0.121. The predicted molar refractivity (Wildman–Crippen MR) is 69.5 cm³/mol. The van der Waals surface area contributed by atoms with Crippen LogP contribution in [0, 0.1) is 17.6 Å². The topological polar surface area (TPSA) is 57.6 Å². The maximum absolute atomic E-state index is 13.7. The van der Waals surface area contributed by atoms with Crippen molar-refractivity contribution >= 4 is 10.0 Å². The Morgan fingerprint density at radius 1 is 1.35 bits per heavy atom. The van der Waals surface area contributed by atoms with Crippen LogP contribution in [0.2, 0.25) is 0 Å². The summed E-state index contributed by atoms with van der Waals surface area (Å²) in [6.45, 7) is 1.72. The second-order valence-electron chi connectivity index (χ2n) is 5.10. The highest BCUT2D eigenvalue weighted by Gasteiger charge is 2.36. The van der Waals surface area contributed by atoms with E-state index >= 15 is 0 Å². The molecule has 4 nitrogen and oxygen atoms in total. The van der Waals surface area contributed by atoms with Gasteiger partial charge in [-0.25, -0.2) is 17.2 Å². The van der Waals surface area contributed by atoms with Crippen molar-refractivity contribution in [1.82, 2.24) is 4.31 Å². The largest absolute Gasteiger partial charge is 0.396 e. The summed E-state index contributed by atoms with van der Waals surface area (Å²) in [4.78, 5) is -0.650. The normalized spacial score (nSPS) is 24.8. The average Bonchev–Trinajstić information content (AvgIpc) is 2.42. The third-order valence-corrected chi connectivity index (χ3v) is 5.68. The summed E-state index contributed by atoms with van der Waals surface area (Å²) in [5.74, 6) is -2.71. The molecule has 7 heteroatoms. The van der Waals surface area contributed by atoms with Gasteiger partial charge in [0.1, 0.15) is 4.90 Å². The molecule has 2 rings (SSSR count). The van der Waals surface area contributed by atoms with Crippen molar-refractivity contribution in [2.45, 2.75) is 30.7 Å². The van der Waals surface area contributed by atoms with Crippen LogP contribution in [0.5, 0.6) is 0 Å². The van der Waals surface area contributed by atoms with Crippen molar-refractivity contribution in [2.24, 2.45) is 5.92 Å². The van der Waals surface area contributed by atoms with Crippen LogP contribution in [0.1, 0.15) is 19.8 Å². The van der Waals surface area contributed by atoms with E-state index in [1.54, 1.807) is 6.92 Å². The average molecular weight is 305 g/mol. The van der Waals surface area contributed by atoms with E-state index in [1.807, 2.05) is 0 Å². The number of aliphatic hydroxyl groups excluding tert-OH is 1. The Hall–Kier alpha value is -1.05. The van der Waals surface area contributed by atoms with Gasteiger partial charge in [-0.05, 0) is 37.8 Å². The molecule has 1 aliphatic rings. The molecule has 0 spiro atoms. The second kappa shape index (κ2) is 5.75. The lowest BCUT2D eigenvalue weighted by molar-refractivity contribution is 0.139. The van der Waals surface area contributed by atoms with Crippen LogP contribution < -0.4 is 0 Å². The first-order valence-electron chi connectivity index (χ1n) is 6.44. The SMILES string of the molecule is CC1CCC(CO)CN1S(=O)(=O)c1cccc(F)c1F. The molecule has 0 saturated carbocycles. The number of piperidine rings is 1. The van der Waals surface area contributed by atoms with Gasteiger partial charge in [-0.1, -0.05) is 6.07 Å². The van der Waals surface area contributed by atoms with Crippen LogP contribution in [-0.4, -0.2) is 37.0 Å². The minimum Gasteiger partial charge on any atom is -0.396 e. The highest BCUT2D eigenvalue weighted by molar-refractivity contribution is 7.89. The zero-order valence-corrected chi connectivity index (χ0v) is 11.9. The Kier molecular flexibility index (Phi) is 4.41. The van der Waals surface area contributed by atoms with E-state index in [2.05, 4.69) is 0 Å². The minimum atomic E-state index is -4.10. The Morgan fingerprint density at radius 2 is 2.05 bits per heavy atom. The lowest BCUT2D eigenvalue weighted by atomic mass is 9.96. The van der Waals surface area contributed by atoms with E-state index < -0.39 is 26.6 Å². The molecule has 0 radical (unpaired) electrons. The number of sulfonamides is 1. The van der Waals surface area contributed by atoms with Gasteiger partial charge >= 0.3 is 0 Å². The molecular weight excluding hydrogens is 288 g/mol. The van der Waals surface area contributed by atoms with Crippen LogP contribution in [0.4, 0.5) is 8.78 Å². The van der Waals surface area contributed by atoms with Crippen LogP contribution in [-0.2, 0) is 10.0 Å². The van der Waals surface area contributed by atoms with E-state index in [0.717, 1.165) is 22.9 Å². The van der Waals surface area contributed by atoms with Gasteiger partial charge in [0.25, 0.3) is 0 Å². The molecule has 0 bridgehead atoms. The molecule has 1 heterocycles. The number of aliphatic hydroxyl groups is 1. The molecule has 1 aliphatic heterocycles. The lowest BCUT2D eigenvalue weighted by Gasteiger charge is -2.36. The first-order chi connectivity index (χ1) is 9.37. The highest BCUT2D eigenvalue weighted by atomic mass is 32.2. The second-order valence-corrected chi connectivity index (χ2v) is 6.96. The Morgan fingerprint density at radius 3 is 2.70 bits per heavy atom. The summed E-state index contributed by atoms with van der Waals surface area (Å²) < 4.78 is 53.0. The van der Waals surface area contributed by atoms with Gasteiger partial charge in [0.2, 0.25) is 10.0 Å². The molecule has 2 atom stereocenters. The van der Waals surface area contributed by atoms with Crippen molar-refractivity contribution in [1.29, 1.82) is 0 Å². The van der Waals surface area contributed by atoms with Crippen molar-refractivity contribution in [3.63, 3.8) is 0 Å². The molecule has 112 valence electrons. The van der Waals surface area contributed by atoms with Crippen LogP contribution in [0.25, 0.3) is 0 Å². The molecule has 20 heavy (non-hydrogen) atoms. The third-order valence-electron chi connectivity index (χ3n) is 3.68. The smallest absolute Gasteiger partial charge is 0.246 e. The molecule has 1 saturated heterocycles. The van der Waals surface area contributed by atoms with Gasteiger partial charge in [0, 0.05) is 19.2 Å². The molecule has 0 amide bonds. The summed E-state index contributed by atoms with van der Waals surface area (Å²) in [6.07, 6.45) is 1.30. The first-order valence-corrected chi connectivity index (χ1v) is 7.88. The molecule has 0 aliphatic carbocycles. The third kappa shape index (κ3) is 2.70. The zero-order valence-electron chi connectivity index (χ0n) is 11.1. The highest BCUT2D eigenvalue weighted by Crippen LogP contribution is 2.29. The number of rotatable bonds is 3. The Balaban J connectivity index is 2.40. The van der Waals surface area contributed by atoms with Gasteiger partial charge < -0.3 is 5.11 Å². The molecule has 1 N–H and O–H groups in total. The molecule has 1 fully saturated rings. The number of benzene rings is 1. The standard InChI is InChI=1S/C13H17F2NO3S/c1-9-5-6-10(8-17)7-16(9)20(18,19)12-4-2-3-11(14)13(12)15/h2-4,9-10,17H,5-8H2,1H3. The van der Waals surface area contributed by atoms with E-state index in [1.165, 1.54) is 6.07 Å². The fourth-order valence-electron chi connectivity index (χ4n) is 2.44. The van der Waals surface area contributed by atoms with Crippen molar-refractivity contribution in [3.05, 3.63) is 29.8 Å². The maximum atomic E-state index is 13.7. The van der Waals surface area contributed by atoms with Crippen LogP contribution >= 0.6 is 0 Å². The monoisotopic (exact) mass is 305 g/mol. The van der Waals surface area contributed by atoms with Crippen LogP contribution in [0.15, 0.2) is 23.1 Å². The molecule has 2 unspecified atom stereocenters. The maximum Gasteiger partial charge on any atom is 0.246 e.